The Labute approximate surface area is 184 Å². The first-order valence-corrected chi connectivity index (χ1v) is 11.6. The number of piperazine rings is 1. The van der Waals surface area contributed by atoms with Gasteiger partial charge in [-0.05, 0) is 43.0 Å². The minimum absolute atomic E-state index is 0.144. The molecular formula is C26H32N4O. The van der Waals surface area contributed by atoms with Crippen molar-refractivity contribution < 1.29 is 5.11 Å². The Balaban J connectivity index is 1.45. The van der Waals surface area contributed by atoms with Crippen LogP contribution < -0.4 is 9.80 Å². The molecule has 3 heterocycles. The normalized spacial score (nSPS) is 18.6. The van der Waals surface area contributed by atoms with Crippen LogP contribution in [0, 0.1) is 0 Å². The molecule has 5 rings (SSSR count). The first kappa shape index (κ1) is 20.3. The fourth-order valence-corrected chi connectivity index (χ4v) is 4.81. The summed E-state index contributed by atoms with van der Waals surface area (Å²) in [4.78, 5) is 12.5. The van der Waals surface area contributed by atoms with Crippen molar-refractivity contribution in [2.24, 2.45) is 0 Å². The standard InChI is InChI=1S/C26H32N4O/c1-2-28-15-17-30(18-16-28)26-24-6-4-3-5-21(24)19-25(27-26)20-7-9-22(10-8-20)29-13-11-23(31)12-14-29/h3-10,19,23,31H,2,11-18H2,1H3. The molecule has 2 aliphatic heterocycles. The maximum Gasteiger partial charge on any atom is 0.137 e. The Morgan fingerprint density at radius 1 is 0.871 bits per heavy atom. The van der Waals surface area contributed by atoms with Crippen molar-refractivity contribution in [2.45, 2.75) is 25.9 Å². The minimum Gasteiger partial charge on any atom is -0.393 e. The maximum atomic E-state index is 9.77. The zero-order chi connectivity index (χ0) is 21.2. The van der Waals surface area contributed by atoms with E-state index in [1.54, 1.807) is 0 Å². The van der Waals surface area contributed by atoms with Gasteiger partial charge in [0.15, 0.2) is 0 Å². The van der Waals surface area contributed by atoms with Crippen LogP contribution in [0.5, 0.6) is 0 Å². The van der Waals surface area contributed by atoms with Crippen LogP contribution in [0.2, 0.25) is 0 Å². The molecule has 0 amide bonds. The number of benzene rings is 2. The van der Waals surface area contributed by atoms with Crippen molar-refractivity contribution in [2.75, 3.05) is 55.6 Å². The number of pyridine rings is 1. The van der Waals surface area contributed by atoms with Gasteiger partial charge in [-0.2, -0.15) is 0 Å². The SMILES string of the molecule is CCN1CCN(c2nc(-c3ccc(N4CCC(O)CC4)cc3)cc3ccccc23)CC1. The molecule has 0 atom stereocenters. The van der Waals surface area contributed by atoms with Gasteiger partial charge < -0.3 is 19.8 Å². The molecule has 1 aromatic heterocycles. The monoisotopic (exact) mass is 416 g/mol. The molecule has 0 bridgehead atoms. The first-order chi connectivity index (χ1) is 15.2. The van der Waals surface area contributed by atoms with Crippen LogP contribution in [0.15, 0.2) is 54.6 Å². The minimum atomic E-state index is -0.144. The summed E-state index contributed by atoms with van der Waals surface area (Å²) in [6, 6.07) is 19.6. The molecule has 2 aromatic carbocycles. The molecule has 5 nitrogen and oxygen atoms in total. The fourth-order valence-electron chi connectivity index (χ4n) is 4.81. The highest BCUT2D eigenvalue weighted by Gasteiger charge is 2.20. The van der Waals surface area contributed by atoms with Gasteiger partial charge in [0.05, 0.1) is 11.8 Å². The highest BCUT2D eigenvalue weighted by Crippen LogP contribution is 2.32. The maximum absolute atomic E-state index is 9.77. The average Bonchev–Trinajstić information content (AvgIpc) is 2.84. The van der Waals surface area contributed by atoms with Crippen molar-refractivity contribution >= 4 is 22.3 Å². The van der Waals surface area contributed by atoms with E-state index in [1.807, 2.05) is 0 Å². The summed E-state index contributed by atoms with van der Waals surface area (Å²) in [5, 5.41) is 12.3. The largest absolute Gasteiger partial charge is 0.393 e. The van der Waals surface area contributed by atoms with E-state index in [0.717, 1.165) is 75.7 Å². The van der Waals surface area contributed by atoms with E-state index in [2.05, 4.69) is 76.2 Å². The van der Waals surface area contributed by atoms with E-state index >= 15 is 0 Å². The lowest BCUT2D eigenvalue weighted by Crippen LogP contribution is -2.46. The molecule has 5 heteroatoms. The molecule has 1 N–H and O–H groups in total. The van der Waals surface area contributed by atoms with Gasteiger partial charge in [-0.25, -0.2) is 4.98 Å². The van der Waals surface area contributed by atoms with Crippen LogP contribution >= 0.6 is 0 Å². The number of nitrogens with zero attached hydrogens (tertiary/aromatic N) is 4. The van der Waals surface area contributed by atoms with Gasteiger partial charge in [-0.1, -0.05) is 43.3 Å². The number of anilines is 2. The number of likely N-dealkylation sites (N-methyl/N-ethyl adjacent to an activating group) is 1. The van der Waals surface area contributed by atoms with Gasteiger partial charge in [-0.3, -0.25) is 0 Å². The summed E-state index contributed by atoms with van der Waals surface area (Å²) < 4.78 is 0. The highest BCUT2D eigenvalue weighted by atomic mass is 16.3. The summed E-state index contributed by atoms with van der Waals surface area (Å²) >= 11 is 0. The van der Waals surface area contributed by atoms with Gasteiger partial charge in [0, 0.05) is 55.9 Å². The molecule has 2 aliphatic rings. The van der Waals surface area contributed by atoms with Gasteiger partial charge in [0.1, 0.15) is 5.82 Å². The molecule has 2 saturated heterocycles. The van der Waals surface area contributed by atoms with E-state index in [4.69, 9.17) is 4.98 Å². The third-order valence-electron chi connectivity index (χ3n) is 6.83. The van der Waals surface area contributed by atoms with Gasteiger partial charge in [-0.15, -0.1) is 0 Å². The van der Waals surface area contributed by atoms with Gasteiger partial charge >= 0.3 is 0 Å². The van der Waals surface area contributed by atoms with E-state index < -0.39 is 0 Å². The predicted octanol–water partition coefficient (Wildman–Crippen LogP) is 4.00. The second kappa shape index (κ2) is 8.85. The molecule has 0 aliphatic carbocycles. The van der Waals surface area contributed by atoms with Crippen LogP contribution in [0.25, 0.3) is 22.0 Å². The lowest BCUT2D eigenvalue weighted by atomic mass is 10.0. The first-order valence-electron chi connectivity index (χ1n) is 11.6. The van der Waals surface area contributed by atoms with Crippen LogP contribution in [-0.2, 0) is 0 Å². The molecule has 3 aromatic rings. The molecule has 2 fully saturated rings. The number of hydrogen-bond acceptors (Lipinski definition) is 5. The summed E-state index contributed by atoms with van der Waals surface area (Å²) in [5.74, 6) is 1.11. The molecule has 0 spiro atoms. The topological polar surface area (TPSA) is 42.8 Å². The fraction of sp³-hybridized carbons (Fsp3) is 0.423. The van der Waals surface area contributed by atoms with Crippen LogP contribution in [0.3, 0.4) is 0 Å². The van der Waals surface area contributed by atoms with E-state index in [-0.39, 0.29) is 6.10 Å². The number of hydrogen-bond donors (Lipinski definition) is 1. The van der Waals surface area contributed by atoms with Crippen molar-refractivity contribution in [1.82, 2.24) is 9.88 Å². The van der Waals surface area contributed by atoms with Crippen LogP contribution in [0.4, 0.5) is 11.5 Å². The Hall–Kier alpha value is -2.63. The molecule has 0 radical (unpaired) electrons. The second-order valence-corrected chi connectivity index (χ2v) is 8.74. The van der Waals surface area contributed by atoms with E-state index in [1.165, 1.54) is 16.5 Å². The number of aliphatic hydroxyl groups excluding tert-OH is 1. The number of aromatic nitrogens is 1. The molecule has 0 unspecified atom stereocenters. The van der Waals surface area contributed by atoms with Gasteiger partial charge in [0.2, 0.25) is 0 Å². The lowest BCUT2D eigenvalue weighted by molar-refractivity contribution is 0.145. The summed E-state index contributed by atoms with van der Waals surface area (Å²) in [7, 11) is 0. The van der Waals surface area contributed by atoms with Crippen LogP contribution in [0.1, 0.15) is 19.8 Å². The zero-order valence-electron chi connectivity index (χ0n) is 18.4. The van der Waals surface area contributed by atoms with Crippen molar-refractivity contribution in [1.29, 1.82) is 0 Å². The summed E-state index contributed by atoms with van der Waals surface area (Å²) in [6.45, 7) is 9.42. The Morgan fingerprint density at radius 3 is 2.29 bits per heavy atom. The van der Waals surface area contributed by atoms with Gasteiger partial charge in [0.25, 0.3) is 0 Å². The summed E-state index contributed by atoms with van der Waals surface area (Å²) in [6.07, 6.45) is 1.56. The predicted molar refractivity (Wildman–Crippen MR) is 129 cm³/mol. The van der Waals surface area contributed by atoms with E-state index in [9.17, 15) is 5.11 Å². The Kier molecular flexibility index (Phi) is 5.79. The van der Waals surface area contributed by atoms with Crippen molar-refractivity contribution in [3.63, 3.8) is 0 Å². The molecular weight excluding hydrogens is 384 g/mol. The smallest absolute Gasteiger partial charge is 0.137 e. The quantitative estimate of drug-likeness (QED) is 0.696. The van der Waals surface area contributed by atoms with E-state index in [0.29, 0.717) is 0 Å². The number of aliphatic hydroxyl groups is 1. The number of rotatable bonds is 4. The second-order valence-electron chi connectivity index (χ2n) is 8.74. The molecule has 0 saturated carbocycles. The Bertz CT molecular complexity index is 1020. The molecule has 162 valence electrons. The number of fused-ring (bicyclic) bond motifs is 1. The molecule has 31 heavy (non-hydrogen) atoms. The number of piperidine rings is 1. The summed E-state index contributed by atoms with van der Waals surface area (Å²) in [5.41, 5.74) is 3.42. The zero-order valence-corrected chi connectivity index (χ0v) is 18.4. The Morgan fingerprint density at radius 2 is 1.58 bits per heavy atom. The van der Waals surface area contributed by atoms with Crippen molar-refractivity contribution in [3.05, 3.63) is 54.6 Å². The highest BCUT2D eigenvalue weighted by molar-refractivity contribution is 5.95. The van der Waals surface area contributed by atoms with Crippen LogP contribution in [-0.4, -0.2) is 66.9 Å². The van der Waals surface area contributed by atoms with Crippen molar-refractivity contribution in [3.8, 4) is 11.3 Å². The third-order valence-corrected chi connectivity index (χ3v) is 6.83. The third kappa shape index (κ3) is 4.25. The average molecular weight is 417 g/mol. The lowest BCUT2D eigenvalue weighted by Gasteiger charge is -2.35.